The van der Waals surface area contributed by atoms with E-state index < -0.39 is 10.0 Å². The fourth-order valence-electron chi connectivity index (χ4n) is 1.76. The summed E-state index contributed by atoms with van der Waals surface area (Å²) in [6, 6.07) is 4.53. The molecule has 116 valence electrons. The maximum atomic E-state index is 12.3. The first kappa shape index (κ1) is 17.7. The molecule has 5 nitrogen and oxygen atoms in total. The van der Waals surface area contributed by atoms with Crippen molar-refractivity contribution in [1.29, 1.82) is 0 Å². The van der Waals surface area contributed by atoms with E-state index in [0.717, 1.165) is 5.56 Å². The highest BCUT2D eigenvalue weighted by Gasteiger charge is 2.17. The minimum atomic E-state index is -3.55. The second-order valence-electron chi connectivity index (χ2n) is 4.74. The van der Waals surface area contributed by atoms with Crippen molar-refractivity contribution in [3.8, 4) is 11.8 Å². The van der Waals surface area contributed by atoms with Gasteiger partial charge in [0.05, 0.1) is 4.90 Å². The maximum Gasteiger partial charge on any atom is 0.240 e. The van der Waals surface area contributed by atoms with Crippen LogP contribution in [-0.2, 0) is 14.8 Å². The van der Waals surface area contributed by atoms with Crippen LogP contribution in [-0.4, -0.2) is 39.9 Å². The van der Waals surface area contributed by atoms with Crippen molar-refractivity contribution in [2.24, 2.45) is 0 Å². The molecule has 0 saturated carbocycles. The largest absolute Gasteiger partial charge is 0.385 e. The van der Waals surface area contributed by atoms with Crippen LogP contribution in [0.4, 0.5) is 0 Å². The molecule has 0 radical (unpaired) electrons. The standard InChI is InChI=1S/C15H21NO4S/c1-12-11-15(7-6-14(12)5-4-9-17)21(18,19)16-13(2)8-10-20-3/h6-7,11,13,16-17H,8-10H2,1-3H3. The number of hydrogen-bond acceptors (Lipinski definition) is 4. The zero-order valence-corrected chi connectivity index (χ0v) is 13.3. The monoisotopic (exact) mass is 311 g/mol. The van der Waals surface area contributed by atoms with E-state index in [1.807, 2.05) is 0 Å². The zero-order chi connectivity index (χ0) is 15.9. The smallest absolute Gasteiger partial charge is 0.240 e. The third-order valence-electron chi connectivity index (χ3n) is 2.92. The van der Waals surface area contributed by atoms with Crippen molar-refractivity contribution >= 4 is 10.0 Å². The lowest BCUT2D eigenvalue weighted by molar-refractivity contribution is 0.188. The number of methoxy groups -OCH3 is 1. The Morgan fingerprint density at radius 1 is 1.43 bits per heavy atom. The van der Waals surface area contributed by atoms with Gasteiger partial charge in [0.2, 0.25) is 10.0 Å². The third kappa shape index (κ3) is 5.48. The average molecular weight is 311 g/mol. The second-order valence-corrected chi connectivity index (χ2v) is 6.45. The van der Waals surface area contributed by atoms with Crippen molar-refractivity contribution in [3.63, 3.8) is 0 Å². The molecule has 1 atom stereocenters. The number of aryl methyl sites for hydroxylation is 1. The highest BCUT2D eigenvalue weighted by atomic mass is 32.2. The molecule has 1 unspecified atom stereocenters. The maximum absolute atomic E-state index is 12.3. The Balaban J connectivity index is 2.91. The minimum absolute atomic E-state index is 0.205. The van der Waals surface area contributed by atoms with Crippen LogP contribution in [0.15, 0.2) is 23.1 Å². The van der Waals surface area contributed by atoms with Gasteiger partial charge in [-0.1, -0.05) is 11.8 Å². The van der Waals surface area contributed by atoms with Crippen LogP contribution in [0.5, 0.6) is 0 Å². The second kappa shape index (κ2) is 8.15. The molecule has 0 spiro atoms. The summed E-state index contributed by atoms with van der Waals surface area (Å²) >= 11 is 0. The van der Waals surface area contributed by atoms with E-state index in [0.29, 0.717) is 18.6 Å². The van der Waals surface area contributed by atoms with Gasteiger partial charge in [-0.2, -0.15) is 0 Å². The van der Waals surface area contributed by atoms with Crippen LogP contribution in [0.3, 0.4) is 0 Å². The Morgan fingerprint density at radius 2 is 2.14 bits per heavy atom. The Morgan fingerprint density at radius 3 is 2.71 bits per heavy atom. The van der Waals surface area contributed by atoms with E-state index >= 15 is 0 Å². The summed E-state index contributed by atoms with van der Waals surface area (Å²) in [6.45, 7) is 3.86. The molecule has 0 aliphatic rings. The molecule has 0 heterocycles. The zero-order valence-electron chi connectivity index (χ0n) is 12.5. The van der Waals surface area contributed by atoms with Crippen molar-refractivity contribution < 1.29 is 18.3 Å². The van der Waals surface area contributed by atoms with E-state index in [1.165, 1.54) is 6.07 Å². The fraction of sp³-hybridized carbons (Fsp3) is 0.467. The van der Waals surface area contributed by atoms with E-state index in [-0.39, 0.29) is 17.5 Å². The Labute approximate surface area is 126 Å². The number of aliphatic hydroxyl groups is 1. The molecule has 21 heavy (non-hydrogen) atoms. The molecule has 0 fully saturated rings. The van der Waals surface area contributed by atoms with Crippen LogP contribution in [0.25, 0.3) is 0 Å². The summed E-state index contributed by atoms with van der Waals surface area (Å²) in [5, 5.41) is 8.68. The number of aliphatic hydroxyl groups excluding tert-OH is 1. The van der Waals surface area contributed by atoms with Gasteiger partial charge in [-0.3, -0.25) is 0 Å². The van der Waals surface area contributed by atoms with Crippen LogP contribution in [0, 0.1) is 18.8 Å². The highest BCUT2D eigenvalue weighted by Crippen LogP contribution is 2.15. The molecular formula is C15H21NO4S. The number of sulfonamides is 1. The van der Waals surface area contributed by atoms with Gasteiger partial charge >= 0.3 is 0 Å². The first-order valence-electron chi connectivity index (χ1n) is 6.62. The predicted molar refractivity (Wildman–Crippen MR) is 81.4 cm³/mol. The van der Waals surface area contributed by atoms with Gasteiger partial charge in [-0.15, -0.1) is 0 Å². The van der Waals surface area contributed by atoms with Gasteiger partial charge in [-0.25, -0.2) is 13.1 Å². The Bertz CT molecular complexity index is 629. The molecular weight excluding hydrogens is 290 g/mol. The molecule has 0 bridgehead atoms. The summed E-state index contributed by atoms with van der Waals surface area (Å²) in [6.07, 6.45) is 0.606. The van der Waals surface area contributed by atoms with Crippen molar-refractivity contribution in [2.45, 2.75) is 31.2 Å². The number of nitrogens with one attached hydrogen (secondary N) is 1. The molecule has 1 aromatic rings. The van der Waals surface area contributed by atoms with E-state index in [1.54, 1.807) is 33.1 Å². The summed E-state index contributed by atoms with van der Waals surface area (Å²) < 4.78 is 32.1. The van der Waals surface area contributed by atoms with Gasteiger partial charge in [0.25, 0.3) is 0 Å². The minimum Gasteiger partial charge on any atom is -0.385 e. The van der Waals surface area contributed by atoms with Crippen LogP contribution >= 0.6 is 0 Å². The third-order valence-corrected chi connectivity index (χ3v) is 4.51. The molecule has 0 aliphatic heterocycles. The van der Waals surface area contributed by atoms with Crippen molar-refractivity contribution in [1.82, 2.24) is 4.72 Å². The molecule has 2 N–H and O–H groups in total. The first-order valence-corrected chi connectivity index (χ1v) is 8.10. The molecule has 0 amide bonds. The van der Waals surface area contributed by atoms with Gasteiger partial charge in [0, 0.05) is 25.3 Å². The molecule has 0 aromatic heterocycles. The summed E-state index contributed by atoms with van der Waals surface area (Å²) in [5.41, 5.74) is 1.46. The quantitative estimate of drug-likeness (QED) is 0.770. The molecule has 6 heteroatoms. The Kier molecular flexibility index (Phi) is 6.85. The topological polar surface area (TPSA) is 75.6 Å². The van der Waals surface area contributed by atoms with Crippen molar-refractivity contribution in [3.05, 3.63) is 29.3 Å². The number of hydrogen-bond donors (Lipinski definition) is 2. The van der Waals surface area contributed by atoms with Gasteiger partial charge in [-0.05, 0) is 44.0 Å². The summed E-state index contributed by atoms with van der Waals surface area (Å²) in [7, 11) is -1.97. The first-order chi connectivity index (χ1) is 9.90. The summed E-state index contributed by atoms with van der Waals surface area (Å²) in [5.74, 6) is 5.32. The average Bonchev–Trinajstić information content (AvgIpc) is 2.43. The fourth-order valence-corrected chi connectivity index (χ4v) is 3.13. The number of ether oxygens (including phenoxy) is 1. The number of benzene rings is 1. The van der Waals surface area contributed by atoms with Crippen LogP contribution in [0.1, 0.15) is 24.5 Å². The molecule has 1 aromatic carbocycles. The lowest BCUT2D eigenvalue weighted by Gasteiger charge is -2.14. The van der Waals surface area contributed by atoms with Gasteiger partial charge < -0.3 is 9.84 Å². The van der Waals surface area contributed by atoms with E-state index in [4.69, 9.17) is 9.84 Å². The molecule has 1 rings (SSSR count). The SMILES string of the molecule is COCCC(C)NS(=O)(=O)c1ccc(C#CCO)c(C)c1. The molecule has 0 saturated heterocycles. The predicted octanol–water partition coefficient (Wildman–Crippen LogP) is 1.04. The lowest BCUT2D eigenvalue weighted by Crippen LogP contribution is -2.33. The van der Waals surface area contributed by atoms with Gasteiger partial charge in [0.1, 0.15) is 6.61 Å². The lowest BCUT2D eigenvalue weighted by atomic mass is 10.1. The Hall–Kier alpha value is -1.39. The van der Waals surface area contributed by atoms with E-state index in [2.05, 4.69) is 16.6 Å². The van der Waals surface area contributed by atoms with Crippen LogP contribution in [0.2, 0.25) is 0 Å². The molecule has 0 aliphatic carbocycles. The van der Waals surface area contributed by atoms with Crippen LogP contribution < -0.4 is 4.72 Å². The summed E-state index contributed by atoms with van der Waals surface area (Å²) in [4.78, 5) is 0.207. The van der Waals surface area contributed by atoms with Crippen molar-refractivity contribution in [2.75, 3.05) is 20.3 Å². The van der Waals surface area contributed by atoms with E-state index in [9.17, 15) is 8.42 Å². The normalized spacial score (nSPS) is 12.6. The van der Waals surface area contributed by atoms with Gasteiger partial charge in [0.15, 0.2) is 0 Å². The highest BCUT2D eigenvalue weighted by molar-refractivity contribution is 7.89. The number of rotatable bonds is 6.